The van der Waals surface area contributed by atoms with Crippen LogP contribution in [0.1, 0.15) is 24.9 Å². The summed E-state index contributed by atoms with van der Waals surface area (Å²) in [5.74, 6) is -1.14. The maximum atomic E-state index is 13.1. The molecule has 0 saturated heterocycles. The molecule has 3 heteroatoms. The number of nitrogens with two attached hydrogens (primary N) is 1. The van der Waals surface area contributed by atoms with E-state index in [4.69, 9.17) is 5.73 Å². The third-order valence-corrected chi connectivity index (χ3v) is 2.97. The molecule has 18 heavy (non-hydrogen) atoms. The molecule has 0 saturated carbocycles. The summed E-state index contributed by atoms with van der Waals surface area (Å²) in [5, 5.41) is 0. The molecule has 0 bridgehead atoms. The van der Waals surface area contributed by atoms with Crippen molar-refractivity contribution >= 4 is 0 Å². The minimum Gasteiger partial charge on any atom is -0.324 e. The summed E-state index contributed by atoms with van der Waals surface area (Å²) in [6.07, 6.45) is 0.855. The first-order valence-electron chi connectivity index (χ1n) is 5.92. The average Bonchev–Trinajstić information content (AvgIpc) is 2.37. The lowest BCUT2D eigenvalue weighted by Crippen LogP contribution is -2.08. The number of hydrogen-bond acceptors (Lipinski definition) is 1. The van der Waals surface area contributed by atoms with Gasteiger partial charge in [0.05, 0.1) is 0 Å². The summed E-state index contributed by atoms with van der Waals surface area (Å²) < 4.78 is 26.2. The van der Waals surface area contributed by atoms with Crippen LogP contribution in [-0.2, 0) is 0 Å². The van der Waals surface area contributed by atoms with Crippen LogP contribution >= 0.6 is 0 Å². The fourth-order valence-corrected chi connectivity index (χ4v) is 1.88. The van der Waals surface area contributed by atoms with Crippen LogP contribution in [0.5, 0.6) is 0 Å². The number of rotatable bonds is 3. The van der Waals surface area contributed by atoms with Crippen LogP contribution in [0.3, 0.4) is 0 Å². The highest BCUT2D eigenvalue weighted by molar-refractivity contribution is 5.63. The Balaban J connectivity index is 2.34. The van der Waals surface area contributed by atoms with E-state index in [9.17, 15) is 8.78 Å². The smallest absolute Gasteiger partial charge is 0.126 e. The van der Waals surface area contributed by atoms with E-state index in [1.165, 1.54) is 12.1 Å². The normalized spacial score (nSPS) is 12.4. The SMILES string of the molecule is CCC(N)c1ccc(-c2cc(F)cc(F)c2)cc1. The molecule has 1 atom stereocenters. The predicted molar refractivity (Wildman–Crippen MR) is 69.0 cm³/mol. The zero-order valence-corrected chi connectivity index (χ0v) is 10.2. The minimum atomic E-state index is -0.570. The quantitative estimate of drug-likeness (QED) is 0.870. The van der Waals surface area contributed by atoms with E-state index >= 15 is 0 Å². The van der Waals surface area contributed by atoms with Gasteiger partial charge in [-0.3, -0.25) is 0 Å². The maximum Gasteiger partial charge on any atom is 0.126 e. The van der Waals surface area contributed by atoms with Gasteiger partial charge in [-0.15, -0.1) is 0 Å². The van der Waals surface area contributed by atoms with E-state index in [1.54, 1.807) is 0 Å². The van der Waals surface area contributed by atoms with Crippen LogP contribution in [0.15, 0.2) is 42.5 Å². The van der Waals surface area contributed by atoms with Crippen LogP contribution in [-0.4, -0.2) is 0 Å². The van der Waals surface area contributed by atoms with Gasteiger partial charge in [0.25, 0.3) is 0 Å². The van der Waals surface area contributed by atoms with Crippen molar-refractivity contribution in [3.63, 3.8) is 0 Å². The second kappa shape index (κ2) is 5.27. The third-order valence-electron chi connectivity index (χ3n) is 2.97. The summed E-state index contributed by atoms with van der Waals surface area (Å²) in [7, 11) is 0. The van der Waals surface area contributed by atoms with Gasteiger partial charge in [0.2, 0.25) is 0 Å². The van der Waals surface area contributed by atoms with Crippen LogP contribution in [0.25, 0.3) is 11.1 Å². The second-order valence-corrected chi connectivity index (χ2v) is 4.29. The molecule has 2 N–H and O–H groups in total. The molecule has 2 aromatic rings. The second-order valence-electron chi connectivity index (χ2n) is 4.29. The fourth-order valence-electron chi connectivity index (χ4n) is 1.88. The maximum absolute atomic E-state index is 13.1. The van der Waals surface area contributed by atoms with E-state index in [0.29, 0.717) is 5.56 Å². The highest BCUT2D eigenvalue weighted by atomic mass is 19.1. The first kappa shape index (κ1) is 12.7. The first-order chi connectivity index (χ1) is 8.60. The Bertz CT molecular complexity index is 514. The van der Waals surface area contributed by atoms with Crippen molar-refractivity contribution in [2.75, 3.05) is 0 Å². The van der Waals surface area contributed by atoms with Crippen LogP contribution in [0.4, 0.5) is 8.78 Å². The third kappa shape index (κ3) is 2.74. The zero-order chi connectivity index (χ0) is 13.1. The van der Waals surface area contributed by atoms with Gasteiger partial charge in [0.1, 0.15) is 11.6 Å². The summed E-state index contributed by atoms with van der Waals surface area (Å²) in [4.78, 5) is 0. The summed E-state index contributed by atoms with van der Waals surface area (Å²) >= 11 is 0. The molecule has 0 heterocycles. The van der Waals surface area contributed by atoms with E-state index in [-0.39, 0.29) is 6.04 Å². The topological polar surface area (TPSA) is 26.0 Å². The van der Waals surface area contributed by atoms with Gasteiger partial charge in [-0.2, -0.15) is 0 Å². The van der Waals surface area contributed by atoms with Crippen molar-refractivity contribution in [2.24, 2.45) is 5.73 Å². The molecule has 1 unspecified atom stereocenters. The Kier molecular flexibility index (Phi) is 3.72. The molecule has 0 amide bonds. The molecule has 0 radical (unpaired) electrons. The molecule has 2 aromatic carbocycles. The molecule has 94 valence electrons. The Morgan fingerprint density at radius 3 is 2.00 bits per heavy atom. The zero-order valence-electron chi connectivity index (χ0n) is 10.2. The molecular weight excluding hydrogens is 232 g/mol. The molecule has 0 aliphatic carbocycles. The molecule has 0 aliphatic heterocycles. The Hall–Kier alpha value is -1.74. The van der Waals surface area contributed by atoms with E-state index in [0.717, 1.165) is 23.6 Å². The molecule has 0 aliphatic rings. The lowest BCUT2D eigenvalue weighted by atomic mass is 10.00. The lowest BCUT2D eigenvalue weighted by molar-refractivity contribution is 0.584. The van der Waals surface area contributed by atoms with Gasteiger partial charge in [-0.05, 0) is 35.2 Å². The van der Waals surface area contributed by atoms with E-state index in [1.807, 2.05) is 31.2 Å². The van der Waals surface area contributed by atoms with Gasteiger partial charge < -0.3 is 5.73 Å². The van der Waals surface area contributed by atoms with Crippen LogP contribution in [0.2, 0.25) is 0 Å². The summed E-state index contributed by atoms with van der Waals surface area (Å²) in [6, 6.07) is 11.0. The van der Waals surface area contributed by atoms with Crippen molar-refractivity contribution < 1.29 is 8.78 Å². The summed E-state index contributed by atoms with van der Waals surface area (Å²) in [5.41, 5.74) is 8.25. The van der Waals surface area contributed by atoms with Crippen molar-refractivity contribution in [3.8, 4) is 11.1 Å². The Morgan fingerprint density at radius 2 is 1.50 bits per heavy atom. The monoisotopic (exact) mass is 247 g/mol. The van der Waals surface area contributed by atoms with Crippen molar-refractivity contribution in [1.82, 2.24) is 0 Å². The van der Waals surface area contributed by atoms with Gasteiger partial charge >= 0.3 is 0 Å². The van der Waals surface area contributed by atoms with Crippen molar-refractivity contribution in [1.29, 1.82) is 0 Å². The van der Waals surface area contributed by atoms with Crippen LogP contribution < -0.4 is 5.73 Å². The minimum absolute atomic E-state index is 0.00305. The highest BCUT2D eigenvalue weighted by Gasteiger charge is 2.05. The first-order valence-corrected chi connectivity index (χ1v) is 5.92. The highest BCUT2D eigenvalue weighted by Crippen LogP contribution is 2.23. The standard InChI is InChI=1S/C15H15F2N/c1-2-15(18)11-5-3-10(4-6-11)12-7-13(16)9-14(17)8-12/h3-9,15H,2,18H2,1H3. The van der Waals surface area contributed by atoms with Crippen molar-refractivity contribution in [2.45, 2.75) is 19.4 Å². The number of benzene rings is 2. The Morgan fingerprint density at radius 1 is 0.944 bits per heavy atom. The number of hydrogen-bond donors (Lipinski definition) is 1. The lowest BCUT2D eigenvalue weighted by Gasteiger charge is -2.10. The molecule has 0 aromatic heterocycles. The average molecular weight is 247 g/mol. The number of halogens is 2. The molecular formula is C15H15F2N. The van der Waals surface area contributed by atoms with Gasteiger partial charge in [-0.25, -0.2) is 8.78 Å². The van der Waals surface area contributed by atoms with E-state index in [2.05, 4.69) is 0 Å². The molecule has 2 rings (SSSR count). The van der Waals surface area contributed by atoms with Gasteiger partial charge in [-0.1, -0.05) is 31.2 Å². The Labute approximate surface area is 105 Å². The van der Waals surface area contributed by atoms with Gasteiger partial charge in [0, 0.05) is 12.1 Å². The summed E-state index contributed by atoms with van der Waals surface area (Å²) in [6.45, 7) is 2.01. The largest absolute Gasteiger partial charge is 0.324 e. The molecule has 1 nitrogen and oxygen atoms in total. The predicted octanol–water partition coefficient (Wildman–Crippen LogP) is 4.04. The van der Waals surface area contributed by atoms with Gasteiger partial charge in [0.15, 0.2) is 0 Å². The fraction of sp³-hybridized carbons (Fsp3) is 0.200. The van der Waals surface area contributed by atoms with E-state index < -0.39 is 11.6 Å². The molecule has 0 fully saturated rings. The van der Waals surface area contributed by atoms with Crippen LogP contribution in [0, 0.1) is 11.6 Å². The molecule has 0 spiro atoms. The van der Waals surface area contributed by atoms with Crippen molar-refractivity contribution in [3.05, 3.63) is 59.7 Å².